The number of nitrogens with one attached hydrogen (secondary N) is 3. The Morgan fingerprint density at radius 1 is 0.759 bits per heavy atom. The minimum Gasteiger partial charge on any atom is -0.482 e. The van der Waals surface area contributed by atoms with E-state index in [0.717, 1.165) is 0 Å². The van der Waals surface area contributed by atoms with Gasteiger partial charge in [-0.05, 0) is 42.5 Å². The second-order valence-corrected chi connectivity index (χ2v) is 6.78. The van der Waals surface area contributed by atoms with Crippen LogP contribution in [0.4, 0.5) is 21.9 Å². The van der Waals surface area contributed by atoms with Gasteiger partial charge in [0.05, 0.1) is 5.02 Å². The maximum atomic E-state index is 12.1. The number of halogens is 2. The van der Waals surface area contributed by atoms with E-state index in [2.05, 4.69) is 16.0 Å². The van der Waals surface area contributed by atoms with Crippen molar-refractivity contribution in [3.05, 3.63) is 82.8 Å². The fourth-order valence-corrected chi connectivity index (χ4v) is 2.75. The van der Waals surface area contributed by atoms with Gasteiger partial charge in [0.15, 0.2) is 6.61 Å². The van der Waals surface area contributed by atoms with E-state index in [9.17, 15) is 9.59 Å². The molecule has 0 saturated heterocycles. The molecule has 148 valence electrons. The number of carbonyl (C=O) groups excluding carboxylic acids is 2. The highest BCUT2D eigenvalue weighted by molar-refractivity contribution is 6.34. The molecule has 8 heteroatoms. The minimum atomic E-state index is -0.390. The van der Waals surface area contributed by atoms with Gasteiger partial charge in [0.1, 0.15) is 5.75 Å². The summed E-state index contributed by atoms with van der Waals surface area (Å²) >= 11 is 11.9. The highest BCUT2D eigenvalue weighted by Gasteiger charge is 2.08. The molecule has 3 rings (SSSR count). The molecule has 0 aliphatic carbocycles. The number of urea groups is 1. The first kappa shape index (κ1) is 20.5. The smallest absolute Gasteiger partial charge is 0.323 e. The van der Waals surface area contributed by atoms with Gasteiger partial charge < -0.3 is 20.7 Å². The molecule has 6 nitrogen and oxygen atoms in total. The van der Waals surface area contributed by atoms with Crippen molar-refractivity contribution in [1.82, 2.24) is 0 Å². The highest BCUT2D eigenvalue weighted by Crippen LogP contribution is 2.27. The Bertz CT molecular complexity index is 1010. The summed E-state index contributed by atoms with van der Waals surface area (Å²) in [5.74, 6) is -0.0609. The molecular weight excluding hydrogens is 413 g/mol. The van der Waals surface area contributed by atoms with Gasteiger partial charge in [-0.15, -0.1) is 0 Å². The molecule has 0 radical (unpaired) electrons. The first-order chi connectivity index (χ1) is 14.0. The molecule has 0 saturated carbocycles. The zero-order valence-corrected chi connectivity index (χ0v) is 16.6. The third-order valence-corrected chi connectivity index (χ3v) is 4.24. The van der Waals surface area contributed by atoms with Crippen molar-refractivity contribution in [2.75, 3.05) is 22.6 Å². The molecule has 0 bridgehead atoms. The van der Waals surface area contributed by atoms with Crippen LogP contribution < -0.4 is 20.7 Å². The van der Waals surface area contributed by atoms with Gasteiger partial charge in [-0.3, -0.25) is 4.79 Å². The topological polar surface area (TPSA) is 79.5 Å². The average molecular weight is 430 g/mol. The van der Waals surface area contributed by atoms with Crippen molar-refractivity contribution in [3.8, 4) is 5.75 Å². The van der Waals surface area contributed by atoms with Crippen molar-refractivity contribution in [2.24, 2.45) is 0 Å². The molecular formula is C21H17Cl2N3O3. The molecule has 3 N–H and O–H groups in total. The zero-order valence-electron chi connectivity index (χ0n) is 15.1. The maximum absolute atomic E-state index is 12.1. The number of anilines is 3. The summed E-state index contributed by atoms with van der Waals surface area (Å²) in [4.78, 5) is 24.2. The highest BCUT2D eigenvalue weighted by atomic mass is 35.5. The zero-order chi connectivity index (χ0) is 20.6. The summed E-state index contributed by atoms with van der Waals surface area (Å²) in [5.41, 5.74) is 1.70. The van der Waals surface area contributed by atoms with Crippen LogP contribution in [0.5, 0.6) is 5.75 Å². The second-order valence-electron chi connectivity index (χ2n) is 5.94. The van der Waals surface area contributed by atoms with Crippen LogP contribution in [0.2, 0.25) is 10.0 Å². The van der Waals surface area contributed by atoms with Crippen LogP contribution in [0.1, 0.15) is 0 Å². The second kappa shape index (κ2) is 9.82. The molecule has 29 heavy (non-hydrogen) atoms. The minimum absolute atomic E-state index is 0.244. The van der Waals surface area contributed by atoms with E-state index in [0.29, 0.717) is 32.9 Å². The Balaban J connectivity index is 1.54. The van der Waals surface area contributed by atoms with Crippen LogP contribution in [0, 0.1) is 0 Å². The number of hydrogen-bond acceptors (Lipinski definition) is 3. The SMILES string of the molecule is O=C(COc1cc(Cl)ccc1Cl)Nc1cccc(NC(=O)Nc2ccccc2)c1. The number of hydrogen-bond donors (Lipinski definition) is 3. The third-order valence-electron chi connectivity index (χ3n) is 3.69. The predicted molar refractivity (Wildman–Crippen MR) is 116 cm³/mol. The number of benzene rings is 3. The molecule has 3 aromatic rings. The van der Waals surface area contributed by atoms with E-state index in [-0.39, 0.29) is 12.5 Å². The molecule has 0 atom stereocenters. The summed E-state index contributed by atoms with van der Waals surface area (Å²) < 4.78 is 5.40. The largest absolute Gasteiger partial charge is 0.482 e. The van der Waals surface area contributed by atoms with E-state index < -0.39 is 6.03 Å². The summed E-state index contributed by atoms with van der Waals surface area (Å²) in [5, 5.41) is 8.94. The van der Waals surface area contributed by atoms with E-state index in [1.807, 2.05) is 18.2 Å². The Morgan fingerprint density at radius 2 is 1.41 bits per heavy atom. The first-order valence-electron chi connectivity index (χ1n) is 8.60. The average Bonchev–Trinajstić information content (AvgIpc) is 2.69. The Labute approximate surface area is 177 Å². The normalized spacial score (nSPS) is 10.1. The fraction of sp³-hybridized carbons (Fsp3) is 0.0476. The molecule has 0 aliphatic rings. The van der Waals surface area contributed by atoms with Gasteiger partial charge >= 0.3 is 6.03 Å². The van der Waals surface area contributed by atoms with Crippen molar-refractivity contribution < 1.29 is 14.3 Å². The summed E-state index contributed by atoms with van der Waals surface area (Å²) in [6.07, 6.45) is 0. The van der Waals surface area contributed by atoms with E-state index >= 15 is 0 Å². The lowest BCUT2D eigenvalue weighted by molar-refractivity contribution is -0.118. The molecule has 0 spiro atoms. The van der Waals surface area contributed by atoms with Crippen molar-refractivity contribution in [3.63, 3.8) is 0 Å². The Morgan fingerprint density at radius 3 is 2.17 bits per heavy atom. The van der Waals surface area contributed by atoms with Gasteiger partial charge in [-0.25, -0.2) is 4.79 Å². The molecule has 0 unspecified atom stereocenters. The van der Waals surface area contributed by atoms with E-state index in [4.69, 9.17) is 27.9 Å². The Hall–Kier alpha value is -3.22. The molecule has 0 heterocycles. The van der Waals surface area contributed by atoms with Crippen molar-refractivity contribution in [1.29, 1.82) is 0 Å². The summed E-state index contributed by atoms with van der Waals surface area (Å²) in [7, 11) is 0. The van der Waals surface area contributed by atoms with Crippen LogP contribution in [-0.2, 0) is 4.79 Å². The molecule has 3 aromatic carbocycles. The monoisotopic (exact) mass is 429 g/mol. The van der Waals surface area contributed by atoms with Gasteiger partial charge in [-0.1, -0.05) is 47.5 Å². The number of rotatable bonds is 6. The van der Waals surface area contributed by atoms with E-state index in [1.165, 1.54) is 6.07 Å². The third kappa shape index (κ3) is 6.41. The quantitative estimate of drug-likeness (QED) is 0.473. The molecule has 0 aliphatic heterocycles. The number of ether oxygens (including phenoxy) is 1. The van der Waals surface area contributed by atoms with Crippen LogP contribution in [0.25, 0.3) is 0 Å². The van der Waals surface area contributed by atoms with Crippen LogP contribution in [-0.4, -0.2) is 18.5 Å². The van der Waals surface area contributed by atoms with Crippen LogP contribution >= 0.6 is 23.2 Å². The van der Waals surface area contributed by atoms with Crippen LogP contribution in [0.3, 0.4) is 0 Å². The lowest BCUT2D eigenvalue weighted by atomic mass is 10.2. The van der Waals surface area contributed by atoms with Crippen molar-refractivity contribution >= 4 is 52.2 Å². The standard InChI is InChI=1S/C21H17Cl2N3O3/c22-14-9-10-18(23)19(11-14)29-13-20(27)24-16-7-4-8-17(12-16)26-21(28)25-15-5-2-1-3-6-15/h1-12H,13H2,(H,24,27)(H2,25,26,28). The van der Waals surface area contributed by atoms with Gasteiger partial charge in [0.25, 0.3) is 5.91 Å². The number of carbonyl (C=O) groups is 2. The van der Waals surface area contributed by atoms with Gasteiger partial charge in [0, 0.05) is 28.2 Å². The fourth-order valence-electron chi connectivity index (χ4n) is 2.42. The lowest BCUT2D eigenvalue weighted by Gasteiger charge is -2.11. The summed E-state index contributed by atoms with van der Waals surface area (Å²) in [6.45, 7) is -0.244. The van der Waals surface area contributed by atoms with E-state index in [1.54, 1.807) is 48.5 Å². The Kier molecular flexibility index (Phi) is 6.94. The molecule has 3 amide bonds. The van der Waals surface area contributed by atoms with Crippen molar-refractivity contribution in [2.45, 2.75) is 0 Å². The molecule has 0 aromatic heterocycles. The first-order valence-corrected chi connectivity index (χ1v) is 9.36. The lowest BCUT2D eigenvalue weighted by Crippen LogP contribution is -2.21. The predicted octanol–water partition coefficient (Wildman–Crippen LogP) is 5.65. The van der Waals surface area contributed by atoms with Gasteiger partial charge in [-0.2, -0.15) is 0 Å². The summed E-state index contributed by atoms with van der Waals surface area (Å²) in [6, 6.07) is 20.2. The van der Waals surface area contributed by atoms with Gasteiger partial charge in [0.2, 0.25) is 0 Å². The number of para-hydroxylation sites is 1. The number of amides is 3. The maximum Gasteiger partial charge on any atom is 0.323 e. The van der Waals surface area contributed by atoms with Crippen LogP contribution in [0.15, 0.2) is 72.8 Å². The molecule has 0 fully saturated rings.